The maximum absolute atomic E-state index is 12.9. The molecule has 1 nitrogen and oxygen atoms in total. The Balaban J connectivity index is 2.82. The second-order valence-electron chi connectivity index (χ2n) is 3.42. The van der Waals surface area contributed by atoms with Crippen LogP contribution in [0.2, 0.25) is 0 Å². The zero-order valence-corrected chi connectivity index (χ0v) is 8.13. The molecule has 1 rings (SSSR count). The van der Waals surface area contributed by atoms with Crippen LogP contribution in [-0.4, -0.2) is 6.04 Å². The maximum Gasteiger partial charge on any atom is 0.123 e. The molecule has 1 aromatic rings. The van der Waals surface area contributed by atoms with Crippen LogP contribution in [0.1, 0.15) is 31.7 Å². The third-order valence-corrected chi connectivity index (χ3v) is 2.49. The third-order valence-electron chi connectivity index (χ3n) is 2.49. The fraction of sp³-hybridized carbons (Fsp3) is 0.455. The van der Waals surface area contributed by atoms with Crippen LogP contribution in [-0.2, 0) is 0 Å². The van der Waals surface area contributed by atoms with Crippen molar-refractivity contribution in [2.45, 2.75) is 32.2 Å². The first-order valence-electron chi connectivity index (χ1n) is 4.66. The second-order valence-corrected chi connectivity index (χ2v) is 3.42. The molecule has 0 aliphatic heterocycles. The van der Waals surface area contributed by atoms with Gasteiger partial charge in [-0.2, -0.15) is 0 Å². The average Bonchev–Trinajstić information content (AvgIpc) is 2.15. The van der Waals surface area contributed by atoms with Gasteiger partial charge in [-0.15, -0.1) is 0 Å². The average molecular weight is 181 g/mol. The van der Waals surface area contributed by atoms with Gasteiger partial charge >= 0.3 is 0 Å². The van der Waals surface area contributed by atoms with Gasteiger partial charge in [0.2, 0.25) is 0 Å². The molecule has 0 aromatic heterocycles. The van der Waals surface area contributed by atoms with E-state index in [9.17, 15) is 4.39 Å². The summed E-state index contributed by atoms with van der Waals surface area (Å²) in [7, 11) is 0. The van der Waals surface area contributed by atoms with Crippen molar-refractivity contribution < 1.29 is 4.39 Å². The van der Waals surface area contributed by atoms with Gasteiger partial charge in [-0.1, -0.05) is 26.0 Å². The predicted octanol–water partition coefficient (Wildman–Crippen LogP) is 2.67. The van der Waals surface area contributed by atoms with Crippen LogP contribution in [0.4, 0.5) is 4.39 Å². The molecule has 0 amide bonds. The minimum Gasteiger partial charge on any atom is -0.327 e. The summed E-state index contributed by atoms with van der Waals surface area (Å²) in [5, 5.41) is 0. The van der Waals surface area contributed by atoms with E-state index in [4.69, 9.17) is 5.73 Å². The quantitative estimate of drug-likeness (QED) is 0.762. The van der Waals surface area contributed by atoms with Crippen molar-refractivity contribution in [3.8, 4) is 0 Å². The van der Waals surface area contributed by atoms with E-state index >= 15 is 0 Å². The second kappa shape index (κ2) is 4.38. The highest BCUT2D eigenvalue weighted by Gasteiger charge is 2.12. The first kappa shape index (κ1) is 10.2. The van der Waals surface area contributed by atoms with Gasteiger partial charge in [0.25, 0.3) is 0 Å². The van der Waals surface area contributed by atoms with E-state index in [1.165, 1.54) is 6.07 Å². The topological polar surface area (TPSA) is 26.0 Å². The Morgan fingerprint density at radius 3 is 2.69 bits per heavy atom. The van der Waals surface area contributed by atoms with Crippen molar-refractivity contribution in [3.05, 3.63) is 35.6 Å². The predicted molar refractivity (Wildman–Crippen MR) is 53.1 cm³/mol. The Bertz CT molecular complexity index is 273. The number of hydrogen-bond acceptors (Lipinski definition) is 1. The number of rotatable bonds is 3. The van der Waals surface area contributed by atoms with Crippen molar-refractivity contribution in [2.75, 3.05) is 0 Å². The summed E-state index contributed by atoms with van der Waals surface area (Å²) in [6.07, 6.45) is 0.914. The third kappa shape index (κ3) is 2.52. The summed E-state index contributed by atoms with van der Waals surface area (Å²) in [6.45, 7) is 4.07. The van der Waals surface area contributed by atoms with Gasteiger partial charge in [0.05, 0.1) is 0 Å². The maximum atomic E-state index is 12.9. The highest BCUT2D eigenvalue weighted by molar-refractivity contribution is 5.21. The van der Waals surface area contributed by atoms with Crippen LogP contribution >= 0.6 is 0 Å². The monoisotopic (exact) mass is 181 g/mol. The van der Waals surface area contributed by atoms with Gasteiger partial charge in [0.15, 0.2) is 0 Å². The highest BCUT2D eigenvalue weighted by atomic mass is 19.1. The Labute approximate surface area is 78.8 Å². The summed E-state index contributed by atoms with van der Waals surface area (Å²) in [5.74, 6) is 0.0355. The zero-order valence-electron chi connectivity index (χ0n) is 8.13. The lowest BCUT2D eigenvalue weighted by molar-refractivity contribution is 0.545. The molecule has 0 saturated carbocycles. The van der Waals surface area contributed by atoms with Crippen LogP contribution in [0.5, 0.6) is 0 Å². The SMILES string of the molecule is CCC(N)C(C)c1cccc(F)c1. The normalized spacial score (nSPS) is 15.4. The number of benzene rings is 1. The lowest BCUT2D eigenvalue weighted by Gasteiger charge is -2.18. The standard InChI is InChI=1S/C11H16FN/c1-3-11(13)8(2)9-5-4-6-10(12)7-9/h4-8,11H,3,13H2,1-2H3. The van der Waals surface area contributed by atoms with Crippen molar-refractivity contribution in [3.63, 3.8) is 0 Å². The van der Waals surface area contributed by atoms with Gasteiger partial charge in [-0.05, 0) is 30.0 Å². The summed E-state index contributed by atoms with van der Waals surface area (Å²) < 4.78 is 12.9. The minimum atomic E-state index is -0.187. The van der Waals surface area contributed by atoms with Gasteiger partial charge in [0.1, 0.15) is 5.82 Å². The van der Waals surface area contributed by atoms with Crippen molar-refractivity contribution in [1.29, 1.82) is 0 Å². The molecule has 0 aliphatic carbocycles. The fourth-order valence-electron chi connectivity index (χ4n) is 1.39. The van der Waals surface area contributed by atoms with Crippen molar-refractivity contribution in [1.82, 2.24) is 0 Å². The van der Waals surface area contributed by atoms with Crippen LogP contribution in [0.3, 0.4) is 0 Å². The summed E-state index contributed by atoms with van der Waals surface area (Å²) in [5.41, 5.74) is 6.86. The molecule has 2 N–H and O–H groups in total. The van der Waals surface area contributed by atoms with Crippen LogP contribution in [0.15, 0.2) is 24.3 Å². The Hall–Kier alpha value is -0.890. The van der Waals surface area contributed by atoms with E-state index in [0.29, 0.717) is 0 Å². The zero-order chi connectivity index (χ0) is 9.84. The summed E-state index contributed by atoms with van der Waals surface area (Å²) in [4.78, 5) is 0. The Morgan fingerprint density at radius 1 is 1.46 bits per heavy atom. The van der Waals surface area contributed by atoms with Crippen molar-refractivity contribution >= 4 is 0 Å². The van der Waals surface area contributed by atoms with E-state index in [1.807, 2.05) is 19.9 Å². The molecule has 72 valence electrons. The van der Waals surface area contributed by atoms with Gasteiger partial charge in [-0.3, -0.25) is 0 Å². The first-order chi connectivity index (χ1) is 6.15. The van der Waals surface area contributed by atoms with Crippen LogP contribution < -0.4 is 5.73 Å². The minimum absolute atomic E-state index is 0.113. The van der Waals surface area contributed by atoms with E-state index < -0.39 is 0 Å². The smallest absolute Gasteiger partial charge is 0.123 e. The molecule has 0 aliphatic rings. The molecule has 13 heavy (non-hydrogen) atoms. The first-order valence-corrected chi connectivity index (χ1v) is 4.66. The molecule has 1 aromatic carbocycles. The molecule has 0 fully saturated rings. The van der Waals surface area contributed by atoms with Crippen LogP contribution in [0.25, 0.3) is 0 Å². The van der Waals surface area contributed by atoms with Crippen LogP contribution in [0, 0.1) is 5.82 Å². The van der Waals surface area contributed by atoms with E-state index in [1.54, 1.807) is 12.1 Å². The fourth-order valence-corrected chi connectivity index (χ4v) is 1.39. The van der Waals surface area contributed by atoms with Gasteiger partial charge in [0, 0.05) is 6.04 Å². The molecule has 0 saturated heterocycles. The molecule has 0 radical (unpaired) electrons. The van der Waals surface area contributed by atoms with E-state index in [0.717, 1.165) is 12.0 Å². The number of nitrogens with two attached hydrogens (primary N) is 1. The van der Waals surface area contributed by atoms with Crippen molar-refractivity contribution in [2.24, 2.45) is 5.73 Å². The number of hydrogen-bond donors (Lipinski definition) is 1. The Morgan fingerprint density at radius 2 is 2.15 bits per heavy atom. The van der Waals surface area contributed by atoms with Gasteiger partial charge < -0.3 is 5.73 Å². The molecular formula is C11H16FN. The largest absolute Gasteiger partial charge is 0.327 e. The molecular weight excluding hydrogens is 165 g/mol. The molecule has 0 bridgehead atoms. The summed E-state index contributed by atoms with van der Waals surface area (Å²) >= 11 is 0. The molecule has 0 heterocycles. The number of halogens is 1. The van der Waals surface area contributed by atoms with E-state index in [2.05, 4.69) is 0 Å². The molecule has 2 heteroatoms. The highest BCUT2D eigenvalue weighted by Crippen LogP contribution is 2.20. The molecule has 2 atom stereocenters. The Kier molecular flexibility index (Phi) is 3.43. The molecule has 2 unspecified atom stereocenters. The lowest BCUT2D eigenvalue weighted by atomic mass is 9.92. The van der Waals surface area contributed by atoms with Gasteiger partial charge in [-0.25, -0.2) is 4.39 Å². The molecule has 0 spiro atoms. The summed E-state index contributed by atoms with van der Waals surface area (Å²) in [6, 6.07) is 6.77. The van der Waals surface area contributed by atoms with E-state index in [-0.39, 0.29) is 17.8 Å². The lowest BCUT2D eigenvalue weighted by Crippen LogP contribution is -2.25.